The van der Waals surface area contributed by atoms with Crippen molar-refractivity contribution >= 4 is 29.3 Å². The molecule has 0 aliphatic carbocycles. The highest BCUT2D eigenvalue weighted by Gasteiger charge is 2.27. The van der Waals surface area contributed by atoms with E-state index in [4.69, 9.17) is 16.1 Å². The first-order chi connectivity index (χ1) is 11.6. The number of hydrogen-bond acceptors (Lipinski definition) is 5. The number of hydrogen-bond donors (Lipinski definition) is 0. The summed E-state index contributed by atoms with van der Waals surface area (Å²) in [6.45, 7) is 3.26. The molecular formula is C17H20ClN3O2S. The van der Waals surface area contributed by atoms with Gasteiger partial charge in [0.1, 0.15) is 0 Å². The molecule has 1 aliphatic rings. The first kappa shape index (κ1) is 17.3. The summed E-state index contributed by atoms with van der Waals surface area (Å²) in [7, 11) is 0. The van der Waals surface area contributed by atoms with Crippen LogP contribution in [0.25, 0.3) is 0 Å². The second kappa shape index (κ2) is 8.03. The topological polar surface area (TPSA) is 59.2 Å². The number of carbonyl (C=O) groups excluding carboxylic acids is 1. The maximum absolute atomic E-state index is 12.5. The number of nitrogens with zero attached hydrogens (tertiary/aromatic N) is 3. The van der Waals surface area contributed by atoms with E-state index < -0.39 is 0 Å². The molecule has 1 aromatic carbocycles. The number of likely N-dealkylation sites (tertiary alicyclic amines) is 1. The van der Waals surface area contributed by atoms with Gasteiger partial charge in [-0.1, -0.05) is 35.0 Å². The Balaban J connectivity index is 1.50. The fraction of sp³-hybridized carbons (Fsp3) is 0.471. The molecule has 1 aromatic heterocycles. The summed E-state index contributed by atoms with van der Waals surface area (Å²) in [6, 6.07) is 7.75. The van der Waals surface area contributed by atoms with Crippen molar-refractivity contribution in [3.63, 3.8) is 0 Å². The van der Waals surface area contributed by atoms with E-state index in [1.54, 1.807) is 18.7 Å². The zero-order valence-corrected chi connectivity index (χ0v) is 15.1. The summed E-state index contributed by atoms with van der Waals surface area (Å²) in [5, 5.41) is 4.75. The van der Waals surface area contributed by atoms with Crippen molar-refractivity contribution in [3.05, 3.63) is 46.6 Å². The summed E-state index contributed by atoms with van der Waals surface area (Å²) in [4.78, 5) is 18.7. The number of carbonyl (C=O) groups is 1. The van der Waals surface area contributed by atoms with Gasteiger partial charge in [0, 0.05) is 36.7 Å². The lowest BCUT2D eigenvalue weighted by atomic mass is 9.97. The highest BCUT2D eigenvalue weighted by Crippen LogP contribution is 2.26. The van der Waals surface area contributed by atoms with Crippen LogP contribution in [0, 0.1) is 6.92 Å². The van der Waals surface area contributed by atoms with Gasteiger partial charge >= 0.3 is 0 Å². The Morgan fingerprint density at radius 1 is 1.46 bits per heavy atom. The number of aromatic nitrogens is 2. The van der Waals surface area contributed by atoms with Crippen LogP contribution in [0.3, 0.4) is 0 Å². The monoisotopic (exact) mass is 365 g/mol. The molecule has 1 aliphatic heterocycles. The quantitative estimate of drug-likeness (QED) is 0.809. The van der Waals surface area contributed by atoms with Gasteiger partial charge in [0.15, 0.2) is 5.82 Å². The lowest BCUT2D eigenvalue weighted by Gasteiger charge is -2.31. The van der Waals surface area contributed by atoms with E-state index in [9.17, 15) is 4.79 Å². The fourth-order valence-electron chi connectivity index (χ4n) is 2.85. The predicted molar refractivity (Wildman–Crippen MR) is 95.2 cm³/mol. The molecule has 0 spiro atoms. The average Bonchev–Trinajstić information content (AvgIpc) is 3.03. The highest BCUT2D eigenvalue weighted by molar-refractivity contribution is 7.99. The van der Waals surface area contributed by atoms with Crippen molar-refractivity contribution in [2.24, 2.45) is 0 Å². The van der Waals surface area contributed by atoms with Crippen LogP contribution in [0.5, 0.6) is 0 Å². The van der Waals surface area contributed by atoms with E-state index in [1.807, 2.05) is 29.2 Å². The minimum Gasteiger partial charge on any atom is -0.341 e. The molecular weight excluding hydrogens is 346 g/mol. The Kier molecular flexibility index (Phi) is 5.79. The van der Waals surface area contributed by atoms with Crippen LogP contribution in [0.1, 0.15) is 36.0 Å². The minimum atomic E-state index is 0.164. The summed E-state index contributed by atoms with van der Waals surface area (Å²) in [6.07, 6.45) is 1.97. The number of aryl methyl sites for hydroxylation is 1. The zero-order chi connectivity index (χ0) is 16.9. The molecule has 0 N–H and O–H groups in total. The van der Waals surface area contributed by atoms with E-state index in [0.717, 1.165) is 35.7 Å². The Labute approximate surface area is 150 Å². The highest BCUT2D eigenvalue weighted by atomic mass is 35.5. The lowest BCUT2D eigenvalue weighted by molar-refractivity contribution is -0.129. The molecule has 2 heterocycles. The van der Waals surface area contributed by atoms with Crippen LogP contribution in [0.15, 0.2) is 28.8 Å². The Morgan fingerprint density at radius 3 is 3.04 bits per heavy atom. The third kappa shape index (κ3) is 4.30. The smallest absolute Gasteiger partial charge is 0.232 e. The van der Waals surface area contributed by atoms with E-state index in [-0.39, 0.29) is 11.8 Å². The molecule has 1 amide bonds. The molecule has 1 saturated heterocycles. The van der Waals surface area contributed by atoms with Gasteiger partial charge in [-0.3, -0.25) is 4.79 Å². The molecule has 1 unspecified atom stereocenters. The van der Waals surface area contributed by atoms with Crippen LogP contribution in [-0.2, 0) is 10.5 Å². The van der Waals surface area contributed by atoms with Gasteiger partial charge in [0.05, 0.1) is 5.75 Å². The van der Waals surface area contributed by atoms with Gasteiger partial charge in [-0.15, -0.1) is 11.8 Å². The molecule has 7 heteroatoms. The number of halogens is 1. The van der Waals surface area contributed by atoms with Crippen LogP contribution in [-0.4, -0.2) is 39.8 Å². The molecule has 0 radical (unpaired) electrons. The van der Waals surface area contributed by atoms with Crippen LogP contribution in [0.2, 0.25) is 5.02 Å². The van der Waals surface area contributed by atoms with Gasteiger partial charge in [-0.25, -0.2) is 0 Å². The van der Waals surface area contributed by atoms with E-state index in [2.05, 4.69) is 10.1 Å². The fourth-order valence-corrected chi connectivity index (χ4v) is 4.06. The summed E-state index contributed by atoms with van der Waals surface area (Å²) >= 11 is 7.74. The Bertz CT molecular complexity index is 707. The maximum Gasteiger partial charge on any atom is 0.232 e. The number of benzene rings is 1. The standard InChI is InChI=1S/C17H20ClN3O2S/c1-12-19-17(20-23-12)13-6-4-8-21(9-13)16(22)11-24-10-14-5-2-3-7-15(14)18/h2-3,5,7,13H,4,6,8-11H2,1H3. The first-order valence-corrected chi connectivity index (χ1v) is 9.56. The van der Waals surface area contributed by atoms with Crippen molar-refractivity contribution in [1.29, 1.82) is 0 Å². The van der Waals surface area contributed by atoms with Crippen molar-refractivity contribution in [2.75, 3.05) is 18.8 Å². The molecule has 24 heavy (non-hydrogen) atoms. The largest absolute Gasteiger partial charge is 0.341 e. The Hall–Kier alpha value is -1.53. The van der Waals surface area contributed by atoms with Gasteiger partial charge in [-0.2, -0.15) is 4.98 Å². The van der Waals surface area contributed by atoms with Gasteiger partial charge in [0.25, 0.3) is 0 Å². The SMILES string of the molecule is Cc1nc(C2CCCN(C(=O)CSCc3ccccc3Cl)C2)no1. The van der Waals surface area contributed by atoms with Crippen LogP contribution in [0.4, 0.5) is 0 Å². The average molecular weight is 366 g/mol. The van der Waals surface area contributed by atoms with Crippen LogP contribution >= 0.6 is 23.4 Å². The van der Waals surface area contributed by atoms with Gasteiger partial charge in [-0.05, 0) is 24.5 Å². The number of amides is 1. The third-order valence-electron chi connectivity index (χ3n) is 4.12. The predicted octanol–water partition coefficient (Wildman–Crippen LogP) is 3.67. The summed E-state index contributed by atoms with van der Waals surface area (Å²) < 4.78 is 5.06. The number of rotatable bonds is 5. The lowest BCUT2D eigenvalue weighted by Crippen LogP contribution is -2.40. The van der Waals surface area contributed by atoms with E-state index >= 15 is 0 Å². The maximum atomic E-state index is 12.5. The molecule has 0 saturated carbocycles. The Morgan fingerprint density at radius 2 is 2.29 bits per heavy atom. The molecule has 0 bridgehead atoms. The van der Waals surface area contributed by atoms with Crippen molar-refractivity contribution in [2.45, 2.75) is 31.4 Å². The molecule has 1 atom stereocenters. The van der Waals surface area contributed by atoms with Gasteiger partial charge in [0.2, 0.25) is 11.8 Å². The molecule has 128 valence electrons. The minimum absolute atomic E-state index is 0.164. The molecule has 5 nitrogen and oxygen atoms in total. The second-order valence-electron chi connectivity index (χ2n) is 5.93. The third-order valence-corrected chi connectivity index (χ3v) is 5.46. The zero-order valence-electron chi connectivity index (χ0n) is 13.6. The number of thioether (sulfide) groups is 1. The molecule has 2 aromatic rings. The molecule has 1 fully saturated rings. The number of piperidine rings is 1. The molecule has 3 rings (SSSR count). The first-order valence-electron chi connectivity index (χ1n) is 8.02. The normalized spacial score (nSPS) is 17.9. The summed E-state index contributed by atoms with van der Waals surface area (Å²) in [5.74, 6) is 2.83. The van der Waals surface area contributed by atoms with Crippen molar-refractivity contribution < 1.29 is 9.32 Å². The summed E-state index contributed by atoms with van der Waals surface area (Å²) in [5.41, 5.74) is 1.07. The van der Waals surface area contributed by atoms with Crippen molar-refractivity contribution in [1.82, 2.24) is 15.0 Å². The van der Waals surface area contributed by atoms with E-state index in [1.165, 1.54) is 0 Å². The van der Waals surface area contributed by atoms with Gasteiger partial charge < -0.3 is 9.42 Å². The second-order valence-corrected chi connectivity index (χ2v) is 7.33. The van der Waals surface area contributed by atoms with Crippen molar-refractivity contribution in [3.8, 4) is 0 Å². The van der Waals surface area contributed by atoms with Crippen LogP contribution < -0.4 is 0 Å². The van der Waals surface area contributed by atoms with E-state index in [0.29, 0.717) is 24.0 Å².